The molecule has 1 saturated heterocycles. The Labute approximate surface area is 134 Å². The summed E-state index contributed by atoms with van der Waals surface area (Å²) in [7, 11) is 0. The van der Waals surface area contributed by atoms with Crippen LogP contribution in [0.4, 0.5) is 0 Å². The summed E-state index contributed by atoms with van der Waals surface area (Å²) in [5, 5.41) is 11.4. The zero-order valence-corrected chi connectivity index (χ0v) is 13.5. The molecule has 1 aliphatic carbocycles. The smallest absolute Gasteiger partial charge is 0.139 e. The summed E-state index contributed by atoms with van der Waals surface area (Å²) < 4.78 is 0. The van der Waals surface area contributed by atoms with Crippen LogP contribution in [-0.4, -0.2) is 24.7 Å². The summed E-state index contributed by atoms with van der Waals surface area (Å²) in [4.78, 5) is 1.61. The quantitative estimate of drug-likeness (QED) is 0.818. The van der Waals surface area contributed by atoms with Crippen LogP contribution < -0.4 is 4.90 Å². The van der Waals surface area contributed by atoms with E-state index in [-0.39, 0.29) is 0 Å². The van der Waals surface area contributed by atoms with Crippen molar-refractivity contribution in [2.45, 2.75) is 50.5 Å². The summed E-state index contributed by atoms with van der Waals surface area (Å²) in [5.74, 6) is 7.00. The summed E-state index contributed by atoms with van der Waals surface area (Å²) in [6, 6.07) is 10.2. The Kier molecular flexibility index (Phi) is 5.18. The molecular formula is C20H28NO+. The maximum absolute atomic E-state index is 11.4. The highest BCUT2D eigenvalue weighted by atomic mass is 16.3. The summed E-state index contributed by atoms with van der Waals surface area (Å²) in [6.07, 6.45) is 8.00. The van der Waals surface area contributed by atoms with Crippen molar-refractivity contribution in [3.63, 3.8) is 0 Å². The van der Waals surface area contributed by atoms with Gasteiger partial charge in [0.25, 0.3) is 0 Å². The van der Waals surface area contributed by atoms with E-state index in [1.807, 2.05) is 18.2 Å². The number of aliphatic hydroxyl groups is 1. The molecule has 0 bridgehead atoms. The van der Waals surface area contributed by atoms with E-state index in [0.29, 0.717) is 12.3 Å². The molecular weight excluding hydrogens is 270 g/mol. The van der Waals surface area contributed by atoms with Gasteiger partial charge in [-0.25, -0.2) is 0 Å². The van der Waals surface area contributed by atoms with Crippen LogP contribution in [0.15, 0.2) is 30.3 Å². The Balaban J connectivity index is 1.70. The molecule has 3 rings (SSSR count). The van der Waals surface area contributed by atoms with Crippen molar-refractivity contribution in [3.8, 4) is 11.8 Å². The second-order valence-corrected chi connectivity index (χ2v) is 6.94. The van der Waals surface area contributed by atoms with E-state index in [1.165, 1.54) is 38.8 Å². The topological polar surface area (TPSA) is 24.7 Å². The van der Waals surface area contributed by atoms with Crippen molar-refractivity contribution >= 4 is 0 Å². The molecule has 0 aromatic heterocycles. The molecule has 1 aromatic carbocycles. The number of rotatable bonds is 4. The Morgan fingerprint density at radius 3 is 2.36 bits per heavy atom. The van der Waals surface area contributed by atoms with Crippen LogP contribution in [0.3, 0.4) is 0 Å². The average molecular weight is 298 g/mol. The molecule has 0 radical (unpaired) electrons. The minimum atomic E-state index is -0.759. The van der Waals surface area contributed by atoms with Gasteiger partial charge in [0.1, 0.15) is 12.1 Å². The SMILES string of the molecule is OC(CC#CC[NH+]1CCCC1)(c1ccccc1)C1CCCC1. The molecule has 0 spiro atoms. The summed E-state index contributed by atoms with van der Waals surface area (Å²) in [6.45, 7) is 3.47. The molecule has 118 valence electrons. The monoisotopic (exact) mass is 298 g/mol. The molecule has 0 amide bonds. The van der Waals surface area contributed by atoms with Crippen molar-refractivity contribution in [2.75, 3.05) is 19.6 Å². The highest BCUT2D eigenvalue weighted by molar-refractivity contribution is 5.26. The van der Waals surface area contributed by atoms with Gasteiger partial charge in [-0.3, -0.25) is 0 Å². The fourth-order valence-corrected chi connectivity index (χ4v) is 4.05. The van der Waals surface area contributed by atoms with E-state index < -0.39 is 5.60 Å². The van der Waals surface area contributed by atoms with Crippen molar-refractivity contribution < 1.29 is 10.0 Å². The first-order chi connectivity index (χ1) is 10.8. The van der Waals surface area contributed by atoms with E-state index in [4.69, 9.17) is 0 Å². The Morgan fingerprint density at radius 1 is 1.00 bits per heavy atom. The third-order valence-electron chi connectivity index (χ3n) is 5.44. The second kappa shape index (κ2) is 7.31. The van der Waals surface area contributed by atoms with Gasteiger partial charge in [-0.2, -0.15) is 0 Å². The van der Waals surface area contributed by atoms with Crippen LogP contribution in [0.2, 0.25) is 0 Å². The highest BCUT2D eigenvalue weighted by Crippen LogP contribution is 2.42. The van der Waals surface area contributed by atoms with Crippen molar-refractivity contribution in [1.82, 2.24) is 0 Å². The molecule has 1 atom stereocenters. The van der Waals surface area contributed by atoms with Crippen molar-refractivity contribution in [1.29, 1.82) is 0 Å². The Morgan fingerprint density at radius 2 is 1.68 bits per heavy atom. The first-order valence-corrected chi connectivity index (χ1v) is 8.86. The summed E-state index contributed by atoms with van der Waals surface area (Å²) >= 11 is 0. The van der Waals surface area contributed by atoms with Gasteiger partial charge in [0.2, 0.25) is 0 Å². The van der Waals surface area contributed by atoms with E-state index in [2.05, 4.69) is 24.0 Å². The molecule has 2 fully saturated rings. The van der Waals surface area contributed by atoms with Crippen LogP contribution in [0.1, 0.15) is 50.5 Å². The molecule has 2 N–H and O–H groups in total. The fourth-order valence-electron chi connectivity index (χ4n) is 4.05. The van der Waals surface area contributed by atoms with Gasteiger partial charge in [-0.15, -0.1) is 0 Å². The van der Waals surface area contributed by atoms with Crippen LogP contribution in [-0.2, 0) is 5.60 Å². The van der Waals surface area contributed by atoms with E-state index in [0.717, 1.165) is 24.9 Å². The van der Waals surface area contributed by atoms with Crippen LogP contribution in [0, 0.1) is 17.8 Å². The molecule has 1 aromatic rings. The van der Waals surface area contributed by atoms with Crippen molar-refractivity contribution in [3.05, 3.63) is 35.9 Å². The number of hydrogen-bond acceptors (Lipinski definition) is 1. The number of nitrogens with one attached hydrogen (secondary N) is 1. The van der Waals surface area contributed by atoms with E-state index in [1.54, 1.807) is 4.90 Å². The third kappa shape index (κ3) is 3.54. The van der Waals surface area contributed by atoms with Gasteiger partial charge in [0.05, 0.1) is 13.1 Å². The average Bonchev–Trinajstić information content (AvgIpc) is 3.25. The van der Waals surface area contributed by atoms with Gasteiger partial charge < -0.3 is 10.0 Å². The molecule has 2 nitrogen and oxygen atoms in total. The van der Waals surface area contributed by atoms with Gasteiger partial charge >= 0.3 is 0 Å². The minimum absolute atomic E-state index is 0.364. The zero-order chi connectivity index (χ0) is 15.3. The van der Waals surface area contributed by atoms with Crippen LogP contribution in [0.5, 0.6) is 0 Å². The molecule has 1 unspecified atom stereocenters. The minimum Gasteiger partial charge on any atom is -0.384 e. The number of likely N-dealkylation sites (tertiary alicyclic amines) is 1. The lowest BCUT2D eigenvalue weighted by molar-refractivity contribution is -0.879. The Hall–Kier alpha value is -1.30. The maximum Gasteiger partial charge on any atom is 0.139 e. The van der Waals surface area contributed by atoms with Crippen LogP contribution >= 0.6 is 0 Å². The van der Waals surface area contributed by atoms with Gasteiger partial charge in [0, 0.05) is 19.3 Å². The zero-order valence-electron chi connectivity index (χ0n) is 13.5. The molecule has 1 heterocycles. The maximum atomic E-state index is 11.4. The van der Waals surface area contributed by atoms with Crippen LogP contribution in [0.25, 0.3) is 0 Å². The highest BCUT2D eigenvalue weighted by Gasteiger charge is 2.39. The number of benzene rings is 1. The first-order valence-electron chi connectivity index (χ1n) is 8.86. The first kappa shape index (κ1) is 15.6. The van der Waals surface area contributed by atoms with Crippen molar-refractivity contribution in [2.24, 2.45) is 5.92 Å². The van der Waals surface area contributed by atoms with E-state index in [9.17, 15) is 5.11 Å². The predicted molar refractivity (Wildman–Crippen MR) is 89.5 cm³/mol. The summed E-state index contributed by atoms with van der Waals surface area (Å²) in [5.41, 5.74) is 0.287. The van der Waals surface area contributed by atoms with Gasteiger partial charge in [-0.05, 0) is 30.2 Å². The molecule has 2 heteroatoms. The standard InChI is InChI=1S/C20H27NO/c22-20(19-12-4-5-13-19,18-10-2-1-3-11-18)14-6-7-15-21-16-8-9-17-21/h1-3,10-11,19,22H,4-5,8-9,12-17H2/p+1. The number of quaternary nitrogens is 1. The van der Waals surface area contributed by atoms with Gasteiger partial charge in [0.15, 0.2) is 0 Å². The normalized spacial score (nSPS) is 22.2. The largest absolute Gasteiger partial charge is 0.384 e. The lowest BCUT2D eigenvalue weighted by Crippen LogP contribution is -3.09. The number of hydrogen-bond donors (Lipinski definition) is 2. The molecule has 22 heavy (non-hydrogen) atoms. The lowest BCUT2D eigenvalue weighted by Gasteiger charge is -2.33. The predicted octanol–water partition coefficient (Wildman–Crippen LogP) is 2.14. The molecule has 1 aliphatic heterocycles. The third-order valence-corrected chi connectivity index (χ3v) is 5.44. The fraction of sp³-hybridized carbons (Fsp3) is 0.600. The second-order valence-electron chi connectivity index (χ2n) is 6.94. The lowest BCUT2D eigenvalue weighted by atomic mass is 9.78. The molecule has 2 aliphatic rings. The Bertz CT molecular complexity index is 518. The molecule has 1 saturated carbocycles. The van der Waals surface area contributed by atoms with E-state index >= 15 is 0 Å². The van der Waals surface area contributed by atoms with Gasteiger partial charge in [-0.1, -0.05) is 49.1 Å².